The van der Waals surface area contributed by atoms with Gasteiger partial charge in [-0.05, 0) is 59.2 Å². The van der Waals surface area contributed by atoms with E-state index in [0.29, 0.717) is 24.6 Å². The van der Waals surface area contributed by atoms with Crippen LogP contribution in [0.4, 0.5) is 4.39 Å². The van der Waals surface area contributed by atoms with E-state index in [1.807, 2.05) is 48.5 Å². The molecule has 7 heteroatoms. The van der Waals surface area contributed by atoms with Crippen LogP contribution >= 0.6 is 0 Å². The molecule has 0 bridgehead atoms. The van der Waals surface area contributed by atoms with Crippen LogP contribution in [0.5, 0.6) is 11.5 Å². The van der Waals surface area contributed by atoms with Crippen LogP contribution in [-0.4, -0.2) is 29.7 Å². The van der Waals surface area contributed by atoms with E-state index in [4.69, 9.17) is 9.47 Å². The lowest BCUT2D eigenvalue weighted by Gasteiger charge is -2.19. The Morgan fingerprint density at radius 2 is 1.67 bits per heavy atom. The van der Waals surface area contributed by atoms with Crippen molar-refractivity contribution in [3.8, 4) is 11.5 Å². The van der Waals surface area contributed by atoms with E-state index in [1.165, 1.54) is 12.1 Å². The molecule has 5 rings (SSSR count). The number of carbonyl (C=O) groups is 1. The van der Waals surface area contributed by atoms with E-state index < -0.39 is 0 Å². The molecule has 0 aliphatic carbocycles. The fourth-order valence-electron chi connectivity index (χ4n) is 4.86. The molecule has 1 atom stereocenters. The molecule has 3 aromatic carbocycles. The van der Waals surface area contributed by atoms with Gasteiger partial charge < -0.3 is 19.4 Å². The SMILES string of the molecule is COc1cc(OC)cc([C@H](CC(=O)NCc2ccccn2)c2cn(Cc3ccc(F)cc3)c3ccccc23)c1. The third kappa shape index (κ3) is 6.09. The summed E-state index contributed by atoms with van der Waals surface area (Å²) in [6, 6.07) is 26.0. The molecule has 2 heterocycles. The summed E-state index contributed by atoms with van der Waals surface area (Å²) in [6.45, 7) is 0.918. The van der Waals surface area contributed by atoms with Crippen LogP contribution in [0.1, 0.15) is 34.7 Å². The minimum atomic E-state index is -0.280. The number of methoxy groups -OCH3 is 2. The van der Waals surface area contributed by atoms with Crippen LogP contribution in [0.2, 0.25) is 0 Å². The van der Waals surface area contributed by atoms with Gasteiger partial charge in [-0.25, -0.2) is 4.39 Å². The smallest absolute Gasteiger partial charge is 0.221 e. The molecule has 1 N–H and O–H groups in total. The summed E-state index contributed by atoms with van der Waals surface area (Å²) in [5, 5.41) is 4.07. The second kappa shape index (κ2) is 11.8. The fourth-order valence-corrected chi connectivity index (χ4v) is 4.86. The number of amides is 1. The molecule has 0 saturated carbocycles. The summed E-state index contributed by atoms with van der Waals surface area (Å²) in [6.07, 6.45) is 4.02. The number of fused-ring (bicyclic) bond motifs is 1. The average molecular weight is 524 g/mol. The highest BCUT2D eigenvalue weighted by atomic mass is 19.1. The third-order valence-corrected chi connectivity index (χ3v) is 6.82. The molecule has 2 aromatic heterocycles. The number of rotatable bonds is 10. The Bertz CT molecular complexity index is 1540. The number of halogens is 1. The number of nitrogens with zero attached hydrogens (tertiary/aromatic N) is 2. The molecule has 5 aromatic rings. The van der Waals surface area contributed by atoms with Crippen LogP contribution in [0.3, 0.4) is 0 Å². The summed E-state index contributed by atoms with van der Waals surface area (Å²) in [5.74, 6) is 0.664. The summed E-state index contributed by atoms with van der Waals surface area (Å²) < 4.78 is 26.8. The van der Waals surface area contributed by atoms with E-state index in [-0.39, 0.29) is 24.1 Å². The monoisotopic (exact) mass is 523 g/mol. The van der Waals surface area contributed by atoms with Crippen LogP contribution in [0, 0.1) is 5.82 Å². The van der Waals surface area contributed by atoms with Crippen molar-refractivity contribution in [2.45, 2.75) is 25.4 Å². The van der Waals surface area contributed by atoms with Crippen LogP contribution in [-0.2, 0) is 17.9 Å². The number of hydrogen-bond donors (Lipinski definition) is 1. The van der Waals surface area contributed by atoms with Gasteiger partial charge >= 0.3 is 0 Å². The quantitative estimate of drug-likeness (QED) is 0.241. The van der Waals surface area contributed by atoms with Crippen LogP contribution in [0.15, 0.2) is 97.3 Å². The van der Waals surface area contributed by atoms with Crippen molar-refractivity contribution in [3.63, 3.8) is 0 Å². The highest BCUT2D eigenvalue weighted by Crippen LogP contribution is 2.38. The largest absolute Gasteiger partial charge is 0.497 e. The number of ether oxygens (including phenoxy) is 2. The van der Waals surface area contributed by atoms with Gasteiger partial charge in [0, 0.05) is 48.2 Å². The van der Waals surface area contributed by atoms with Gasteiger partial charge in [-0.1, -0.05) is 36.4 Å². The number of aromatic nitrogens is 2. The lowest BCUT2D eigenvalue weighted by atomic mass is 9.87. The Morgan fingerprint density at radius 3 is 2.36 bits per heavy atom. The van der Waals surface area contributed by atoms with E-state index in [2.05, 4.69) is 33.2 Å². The van der Waals surface area contributed by atoms with E-state index in [9.17, 15) is 9.18 Å². The molecule has 0 spiro atoms. The number of pyridine rings is 1. The topological polar surface area (TPSA) is 65.4 Å². The van der Waals surface area contributed by atoms with Crippen LogP contribution in [0.25, 0.3) is 10.9 Å². The summed E-state index contributed by atoms with van der Waals surface area (Å²) in [4.78, 5) is 17.6. The van der Waals surface area contributed by atoms with E-state index >= 15 is 0 Å². The van der Waals surface area contributed by atoms with Crippen molar-refractivity contribution in [2.24, 2.45) is 0 Å². The molecule has 6 nitrogen and oxygen atoms in total. The zero-order valence-electron chi connectivity index (χ0n) is 21.9. The van der Waals surface area contributed by atoms with Crippen LogP contribution < -0.4 is 14.8 Å². The first-order chi connectivity index (χ1) is 19.0. The molecule has 0 aliphatic rings. The number of benzene rings is 3. The Kier molecular flexibility index (Phi) is 7.87. The molecular formula is C32H30FN3O3. The minimum absolute atomic E-state index is 0.0946. The zero-order valence-corrected chi connectivity index (χ0v) is 21.9. The predicted molar refractivity (Wildman–Crippen MR) is 150 cm³/mol. The first kappa shape index (κ1) is 26.0. The maximum atomic E-state index is 13.5. The summed E-state index contributed by atoms with van der Waals surface area (Å²) >= 11 is 0. The van der Waals surface area contributed by atoms with E-state index in [0.717, 1.165) is 33.3 Å². The number of hydrogen-bond acceptors (Lipinski definition) is 4. The highest BCUT2D eigenvalue weighted by Gasteiger charge is 2.24. The fraction of sp³-hybridized carbons (Fsp3) is 0.188. The normalized spacial score (nSPS) is 11.8. The van der Waals surface area contributed by atoms with Crippen molar-refractivity contribution >= 4 is 16.8 Å². The van der Waals surface area contributed by atoms with Gasteiger partial charge in [-0.2, -0.15) is 0 Å². The van der Waals surface area contributed by atoms with Gasteiger partial charge in [0.05, 0.1) is 26.5 Å². The molecular weight excluding hydrogens is 493 g/mol. The number of nitrogens with one attached hydrogen (secondary N) is 1. The zero-order chi connectivity index (χ0) is 27.2. The Balaban J connectivity index is 1.54. The molecule has 39 heavy (non-hydrogen) atoms. The predicted octanol–water partition coefficient (Wildman–Crippen LogP) is 6.08. The Morgan fingerprint density at radius 1 is 0.949 bits per heavy atom. The average Bonchev–Trinajstić information content (AvgIpc) is 3.34. The van der Waals surface area contributed by atoms with Crippen molar-refractivity contribution in [3.05, 3.63) is 126 Å². The molecule has 0 radical (unpaired) electrons. The Labute approximate surface area is 227 Å². The van der Waals surface area contributed by atoms with Gasteiger partial charge in [0.1, 0.15) is 17.3 Å². The maximum absolute atomic E-state index is 13.5. The van der Waals surface area contributed by atoms with Gasteiger partial charge in [-0.3, -0.25) is 9.78 Å². The molecule has 0 fully saturated rings. The van der Waals surface area contributed by atoms with Gasteiger partial charge in [0.2, 0.25) is 5.91 Å². The van der Waals surface area contributed by atoms with E-state index in [1.54, 1.807) is 32.5 Å². The van der Waals surface area contributed by atoms with Crippen molar-refractivity contribution in [2.75, 3.05) is 14.2 Å². The van der Waals surface area contributed by atoms with Gasteiger partial charge in [0.25, 0.3) is 0 Å². The standard InChI is InChI=1S/C32H30FN3O3/c1-38-26-15-23(16-27(17-26)39-2)29(18-32(37)35-19-25-7-5-6-14-34-25)30-21-36(31-9-4-3-8-28(30)31)20-22-10-12-24(33)13-11-22/h3-17,21,29H,18-20H2,1-2H3,(H,35,37)/t29-/m0/s1. The van der Waals surface area contributed by atoms with Crippen molar-refractivity contribution in [1.29, 1.82) is 0 Å². The maximum Gasteiger partial charge on any atom is 0.221 e. The summed E-state index contributed by atoms with van der Waals surface area (Å²) in [7, 11) is 3.23. The second-order valence-corrected chi connectivity index (χ2v) is 9.36. The lowest BCUT2D eigenvalue weighted by molar-refractivity contribution is -0.121. The third-order valence-electron chi connectivity index (χ3n) is 6.82. The number of carbonyl (C=O) groups excluding carboxylic acids is 1. The second-order valence-electron chi connectivity index (χ2n) is 9.36. The minimum Gasteiger partial charge on any atom is -0.497 e. The van der Waals surface area contributed by atoms with Gasteiger partial charge in [-0.15, -0.1) is 0 Å². The molecule has 0 aliphatic heterocycles. The first-order valence-corrected chi connectivity index (χ1v) is 12.8. The molecule has 0 saturated heterocycles. The first-order valence-electron chi connectivity index (χ1n) is 12.8. The van der Waals surface area contributed by atoms with Crippen molar-refractivity contribution in [1.82, 2.24) is 14.9 Å². The number of para-hydroxylation sites is 1. The summed E-state index contributed by atoms with van der Waals surface area (Å²) in [5.41, 5.74) is 4.73. The lowest BCUT2D eigenvalue weighted by Crippen LogP contribution is -2.25. The molecule has 0 unspecified atom stereocenters. The molecule has 198 valence electrons. The van der Waals surface area contributed by atoms with Crippen molar-refractivity contribution < 1.29 is 18.7 Å². The molecule has 1 amide bonds. The highest BCUT2D eigenvalue weighted by molar-refractivity contribution is 5.87. The Hall–Kier alpha value is -4.65. The van der Waals surface area contributed by atoms with Gasteiger partial charge in [0.15, 0.2) is 0 Å².